The predicted octanol–water partition coefficient (Wildman–Crippen LogP) is 3.83. The monoisotopic (exact) mass is 332 g/mol. The molecule has 0 fully saturated rings. The summed E-state index contributed by atoms with van der Waals surface area (Å²) in [5, 5.41) is 6.01. The van der Waals surface area contributed by atoms with Crippen LogP contribution in [0.3, 0.4) is 0 Å². The summed E-state index contributed by atoms with van der Waals surface area (Å²) in [6, 6.07) is 10.1. The van der Waals surface area contributed by atoms with E-state index in [0.29, 0.717) is 25.3 Å². The highest BCUT2D eigenvalue weighted by molar-refractivity contribution is 5.81. The fourth-order valence-corrected chi connectivity index (χ4v) is 2.42. The molecular formula is C20H32N2O2. The largest absolute Gasteiger partial charge is 0.356 e. The summed E-state index contributed by atoms with van der Waals surface area (Å²) < 4.78 is 0. The third-order valence-electron chi connectivity index (χ3n) is 3.79. The highest BCUT2D eigenvalue weighted by Gasteiger charge is 2.20. The van der Waals surface area contributed by atoms with Gasteiger partial charge in [-0.15, -0.1) is 0 Å². The predicted molar refractivity (Wildman–Crippen MR) is 98.5 cm³/mol. The van der Waals surface area contributed by atoms with Crippen molar-refractivity contribution in [2.75, 3.05) is 6.54 Å². The highest BCUT2D eigenvalue weighted by Crippen LogP contribution is 2.21. The molecule has 134 valence electrons. The molecule has 1 rings (SSSR count). The van der Waals surface area contributed by atoms with Crippen molar-refractivity contribution in [3.8, 4) is 0 Å². The number of hydrogen-bond donors (Lipinski definition) is 2. The number of rotatable bonds is 8. The minimum atomic E-state index is -0.391. The number of hydrogen-bond acceptors (Lipinski definition) is 2. The van der Waals surface area contributed by atoms with Gasteiger partial charge < -0.3 is 10.6 Å². The van der Waals surface area contributed by atoms with Gasteiger partial charge >= 0.3 is 0 Å². The fourth-order valence-electron chi connectivity index (χ4n) is 2.42. The van der Waals surface area contributed by atoms with Crippen molar-refractivity contribution in [3.63, 3.8) is 0 Å². The van der Waals surface area contributed by atoms with Crippen molar-refractivity contribution < 1.29 is 9.59 Å². The van der Waals surface area contributed by atoms with E-state index in [1.54, 1.807) is 0 Å². The number of carbonyl (C=O) groups excluding carboxylic acids is 2. The summed E-state index contributed by atoms with van der Waals surface area (Å²) in [6.45, 7) is 10.5. The second kappa shape index (κ2) is 9.45. The molecule has 1 atom stereocenters. The molecule has 0 saturated carbocycles. The first-order chi connectivity index (χ1) is 11.2. The van der Waals surface area contributed by atoms with Crippen molar-refractivity contribution in [1.29, 1.82) is 0 Å². The molecule has 2 amide bonds. The van der Waals surface area contributed by atoms with Crippen molar-refractivity contribution in [1.82, 2.24) is 10.6 Å². The normalized spacial score (nSPS) is 12.8. The number of benzene rings is 1. The van der Waals surface area contributed by atoms with Gasteiger partial charge in [-0.3, -0.25) is 9.59 Å². The third-order valence-corrected chi connectivity index (χ3v) is 3.79. The Balaban J connectivity index is 2.44. The zero-order valence-electron chi connectivity index (χ0n) is 15.7. The summed E-state index contributed by atoms with van der Waals surface area (Å²) in [4.78, 5) is 24.0. The Kier molecular flexibility index (Phi) is 7.96. The molecule has 0 heterocycles. The van der Waals surface area contributed by atoms with Gasteiger partial charge in [0.25, 0.3) is 0 Å². The molecule has 24 heavy (non-hydrogen) atoms. The molecule has 0 spiro atoms. The van der Waals surface area contributed by atoms with Crippen LogP contribution in [0.15, 0.2) is 30.3 Å². The van der Waals surface area contributed by atoms with Crippen LogP contribution < -0.4 is 10.6 Å². The summed E-state index contributed by atoms with van der Waals surface area (Å²) in [5.41, 5.74) is 0.748. The van der Waals surface area contributed by atoms with E-state index in [2.05, 4.69) is 36.6 Å². The Labute approximate surface area is 146 Å². The summed E-state index contributed by atoms with van der Waals surface area (Å²) >= 11 is 0. The Morgan fingerprint density at radius 3 is 2.25 bits per heavy atom. The van der Waals surface area contributed by atoms with Crippen LogP contribution in [0.1, 0.15) is 65.5 Å². The van der Waals surface area contributed by atoms with Gasteiger partial charge in [-0.1, -0.05) is 65.0 Å². The zero-order chi connectivity index (χ0) is 18.2. The van der Waals surface area contributed by atoms with E-state index >= 15 is 0 Å². The standard InChI is InChI=1S/C20H32N2O2/c1-15(2)14-17(16-10-7-6-8-11-16)22-18(23)12-9-13-21-19(24)20(3,4)5/h6-8,10-11,15,17H,9,12-14H2,1-5H3,(H,21,24)(H,22,23). The first kappa shape index (κ1) is 20.2. The second-order valence-electron chi connectivity index (χ2n) is 7.77. The average molecular weight is 332 g/mol. The molecule has 0 aliphatic rings. The number of amides is 2. The van der Waals surface area contributed by atoms with E-state index < -0.39 is 5.41 Å². The molecular weight excluding hydrogens is 300 g/mol. The maximum Gasteiger partial charge on any atom is 0.225 e. The minimum absolute atomic E-state index is 0.0184. The Bertz CT molecular complexity index is 518. The molecule has 4 heteroatoms. The molecule has 4 nitrogen and oxygen atoms in total. The Morgan fingerprint density at radius 1 is 1.08 bits per heavy atom. The molecule has 1 aromatic rings. The lowest BCUT2D eigenvalue weighted by molar-refractivity contribution is -0.128. The molecule has 2 N–H and O–H groups in total. The number of nitrogens with one attached hydrogen (secondary N) is 2. The van der Waals surface area contributed by atoms with Crippen LogP contribution in [0, 0.1) is 11.3 Å². The summed E-state index contributed by atoms with van der Waals surface area (Å²) in [6.07, 6.45) is 1.99. The van der Waals surface area contributed by atoms with Crippen molar-refractivity contribution >= 4 is 11.8 Å². The SMILES string of the molecule is CC(C)CC(NC(=O)CCCNC(=O)C(C)(C)C)c1ccccc1. The van der Waals surface area contributed by atoms with Crippen LogP contribution in [0.5, 0.6) is 0 Å². The maximum absolute atomic E-state index is 12.2. The summed E-state index contributed by atoms with van der Waals surface area (Å²) in [7, 11) is 0. The van der Waals surface area contributed by atoms with Crippen LogP contribution >= 0.6 is 0 Å². The first-order valence-electron chi connectivity index (χ1n) is 8.82. The van der Waals surface area contributed by atoms with Crippen LogP contribution in [0.2, 0.25) is 0 Å². The second-order valence-corrected chi connectivity index (χ2v) is 7.77. The molecule has 0 bridgehead atoms. The van der Waals surface area contributed by atoms with Crippen LogP contribution in [-0.2, 0) is 9.59 Å². The molecule has 1 unspecified atom stereocenters. The molecule has 0 saturated heterocycles. The van der Waals surface area contributed by atoms with Gasteiger partial charge in [0.2, 0.25) is 11.8 Å². The van der Waals surface area contributed by atoms with E-state index in [0.717, 1.165) is 12.0 Å². The van der Waals surface area contributed by atoms with Gasteiger partial charge in [-0.05, 0) is 24.3 Å². The smallest absolute Gasteiger partial charge is 0.225 e. The van der Waals surface area contributed by atoms with Gasteiger partial charge in [0.05, 0.1) is 6.04 Å². The van der Waals surface area contributed by atoms with Crippen molar-refractivity contribution in [2.24, 2.45) is 11.3 Å². The Morgan fingerprint density at radius 2 is 1.71 bits per heavy atom. The molecule has 0 aliphatic heterocycles. The lowest BCUT2D eigenvalue weighted by Gasteiger charge is -2.21. The minimum Gasteiger partial charge on any atom is -0.356 e. The maximum atomic E-state index is 12.2. The average Bonchev–Trinajstić information content (AvgIpc) is 2.50. The lowest BCUT2D eigenvalue weighted by Crippen LogP contribution is -2.36. The van der Waals surface area contributed by atoms with E-state index in [1.165, 1.54) is 0 Å². The van der Waals surface area contributed by atoms with Gasteiger partial charge in [0.1, 0.15) is 0 Å². The van der Waals surface area contributed by atoms with E-state index in [4.69, 9.17) is 0 Å². The van der Waals surface area contributed by atoms with Crippen LogP contribution in [0.4, 0.5) is 0 Å². The van der Waals surface area contributed by atoms with Crippen LogP contribution in [-0.4, -0.2) is 18.4 Å². The van der Waals surface area contributed by atoms with Gasteiger partial charge in [0, 0.05) is 18.4 Å². The summed E-state index contributed by atoms with van der Waals surface area (Å²) in [5.74, 6) is 0.556. The molecule has 0 radical (unpaired) electrons. The zero-order valence-corrected chi connectivity index (χ0v) is 15.7. The Hall–Kier alpha value is -1.84. The molecule has 0 aromatic heterocycles. The van der Waals surface area contributed by atoms with Crippen molar-refractivity contribution in [2.45, 2.75) is 59.9 Å². The van der Waals surface area contributed by atoms with E-state index in [9.17, 15) is 9.59 Å². The molecule has 1 aromatic carbocycles. The van der Waals surface area contributed by atoms with Crippen molar-refractivity contribution in [3.05, 3.63) is 35.9 Å². The third kappa shape index (κ3) is 7.62. The lowest BCUT2D eigenvalue weighted by atomic mass is 9.95. The van der Waals surface area contributed by atoms with Gasteiger partial charge in [0.15, 0.2) is 0 Å². The highest BCUT2D eigenvalue weighted by atomic mass is 16.2. The molecule has 0 aliphatic carbocycles. The quantitative estimate of drug-likeness (QED) is 0.711. The number of carbonyl (C=O) groups is 2. The van der Waals surface area contributed by atoms with E-state index in [1.807, 2.05) is 39.0 Å². The van der Waals surface area contributed by atoms with Gasteiger partial charge in [-0.25, -0.2) is 0 Å². The van der Waals surface area contributed by atoms with E-state index in [-0.39, 0.29) is 17.9 Å². The topological polar surface area (TPSA) is 58.2 Å². The van der Waals surface area contributed by atoms with Gasteiger partial charge in [-0.2, -0.15) is 0 Å². The van der Waals surface area contributed by atoms with Crippen LogP contribution in [0.25, 0.3) is 0 Å². The fraction of sp³-hybridized carbons (Fsp3) is 0.600. The first-order valence-corrected chi connectivity index (χ1v) is 8.82.